The average Bonchev–Trinajstić information content (AvgIpc) is 2.45. The number of nitrogens with two attached hydrogens (primary N) is 1. The second-order valence-electron chi connectivity index (χ2n) is 3.42. The van der Waals surface area contributed by atoms with Crippen LogP contribution in [0.5, 0.6) is 0 Å². The predicted molar refractivity (Wildman–Crippen MR) is 43.1 cm³/mol. The van der Waals surface area contributed by atoms with Crippen molar-refractivity contribution in [2.75, 3.05) is 0 Å². The van der Waals surface area contributed by atoms with Crippen molar-refractivity contribution in [2.24, 2.45) is 17.6 Å². The van der Waals surface area contributed by atoms with Gasteiger partial charge in [0.2, 0.25) is 5.91 Å². The summed E-state index contributed by atoms with van der Waals surface area (Å²) < 4.78 is 0. The molecule has 2 aliphatic rings. The predicted octanol–water partition coefficient (Wildman–Crippen LogP) is 1.05. The summed E-state index contributed by atoms with van der Waals surface area (Å²) in [7, 11) is 0. The van der Waals surface area contributed by atoms with Crippen LogP contribution in [0, 0.1) is 11.8 Å². The average molecular weight is 172 g/mol. The first-order valence-corrected chi connectivity index (χ1v) is 4.18. The molecule has 3 heteroatoms. The number of alkyl halides is 1. The van der Waals surface area contributed by atoms with Crippen molar-refractivity contribution in [1.82, 2.24) is 0 Å². The monoisotopic (exact) mass is 171 g/mol. The molecule has 2 N–H and O–H groups in total. The van der Waals surface area contributed by atoms with E-state index in [1.54, 1.807) is 0 Å². The Morgan fingerprint density at radius 1 is 1.64 bits per heavy atom. The van der Waals surface area contributed by atoms with E-state index in [2.05, 4.69) is 6.08 Å². The molecule has 60 valence electrons. The molecule has 0 aromatic rings. The number of rotatable bonds is 1. The molecule has 0 aromatic carbocycles. The van der Waals surface area contributed by atoms with Crippen LogP contribution in [0.4, 0.5) is 0 Å². The molecular formula is C8H10ClNO. The van der Waals surface area contributed by atoms with Gasteiger partial charge in [-0.1, -0.05) is 12.2 Å². The van der Waals surface area contributed by atoms with Crippen LogP contribution < -0.4 is 5.73 Å². The lowest BCUT2D eigenvalue weighted by molar-refractivity contribution is -0.121. The van der Waals surface area contributed by atoms with Gasteiger partial charge in [-0.3, -0.25) is 4.79 Å². The molecule has 11 heavy (non-hydrogen) atoms. The van der Waals surface area contributed by atoms with Gasteiger partial charge in [-0.2, -0.15) is 0 Å². The van der Waals surface area contributed by atoms with Crippen LogP contribution in [0.2, 0.25) is 0 Å². The van der Waals surface area contributed by atoms with E-state index in [0.29, 0.717) is 5.92 Å². The van der Waals surface area contributed by atoms with Crippen molar-refractivity contribution in [2.45, 2.75) is 17.7 Å². The summed E-state index contributed by atoms with van der Waals surface area (Å²) in [5.74, 6) is 0.313. The highest BCUT2D eigenvalue weighted by Gasteiger charge is 2.51. The molecular weight excluding hydrogens is 162 g/mol. The zero-order valence-electron chi connectivity index (χ0n) is 6.09. The summed E-state index contributed by atoms with van der Waals surface area (Å²) in [6.45, 7) is 0. The fourth-order valence-corrected chi connectivity index (χ4v) is 2.44. The lowest BCUT2D eigenvalue weighted by Crippen LogP contribution is -2.41. The van der Waals surface area contributed by atoms with Gasteiger partial charge in [0.05, 0.1) is 0 Å². The van der Waals surface area contributed by atoms with Crippen molar-refractivity contribution < 1.29 is 4.79 Å². The molecule has 2 rings (SSSR count). The van der Waals surface area contributed by atoms with Gasteiger partial charge in [0.25, 0.3) is 0 Å². The summed E-state index contributed by atoms with van der Waals surface area (Å²) in [6.07, 6.45) is 5.89. The van der Waals surface area contributed by atoms with Crippen molar-refractivity contribution >= 4 is 17.5 Å². The first-order valence-electron chi connectivity index (χ1n) is 3.80. The molecule has 0 aliphatic heterocycles. The van der Waals surface area contributed by atoms with Gasteiger partial charge in [0.1, 0.15) is 4.87 Å². The third kappa shape index (κ3) is 0.822. The molecule has 1 saturated carbocycles. The van der Waals surface area contributed by atoms with Gasteiger partial charge < -0.3 is 5.73 Å². The third-order valence-electron chi connectivity index (χ3n) is 2.73. The highest BCUT2D eigenvalue weighted by Crippen LogP contribution is 2.49. The van der Waals surface area contributed by atoms with E-state index in [-0.39, 0.29) is 11.8 Å². The molecule has 0 heterocycles. The molecule has 1 fully saturated rings. The molecule has 0 saturated heterocycles. The number of halogens is 1. The van der Waals surface area contributed by atoms with E-state index in [1.807, 2.05) is 6.08 Å². The largest absolute Gasteiger partial charge is 0.368 e. The Morgan fingerprint density at radius 2 is 2.36 bits per heavy atom. The van der Waals surface area contributed by atoms with Crippen LogP contribution in [-0.4, -0.2) is 10.8 Å². The topological polar surface area (TPSA) is 43.1 Å². The van der Waals surface area contributed by atoms with Gasteiger partial charge in [0.15, 0.2) is 0 Å². The maximum Gasteiger partial charge on any atom is 0.239 e. The van der Waals surface area contributed by atoms with Crippen LogP contribution in [0.3, 0.4) is 0 Å². The maximum atomic E-state index is 11.0. The summed E-state index contributed by atoms with van der Waals surface area (Å²) >= 11 is 6.08. The fraction of sp³-hybridized carbons (Fsp3) is 0.625. The number of allylic oxidation sites excluding steroid dienone is 2. The quantitative estimate of drug-likeness (QED) is 0.465. The summed E-state index contributed by atoms with van der Waals surface area (Å²) in [4.78, 5) is 10.2. The van der Waals surface area contributed by atoms with Crippen LogP contribution in [-0.2, 0) is 4.79 Å². The minimum atomic E-state index is -0.764. The minimum absolute atomic E-state index is 0.187. The summed E-state index contributed by atoms with van der Waals surface area (Å²) in [5, 5.41) is 0. The van der Waals surface area contributed by atoms with Gasteiger partial charge >= 0.3 is 0 Å². The van der Waals surface area contributed by atoms with E-state index in [9.17, 15) is 4.79 Å². The number of amides is 1. The van der Waals surface area contributed by atoms with Gasteiger partial charge in [-0.25, -0.2) is 0 Å². The van der Waals surface area contributed by atoms with Gasteiger partial charge in [-0.15, -0.1) is 11.6 Å². The second-order valence-corrected chi connectivity index (χ2v) is 4.09. The Morgan fingerprint density at radius 3 is 2.64 bits per heavy atom. The Labute approximate surface area is 70.4 Å². The number of carbonyl (C=O) groups is 1. The minimum Gasteiger partial charge on any atom is -0.368 e. The summed E-state index contributed by atoms with van der Waals surface area (Å²) in [6, 6.07) is 0. The van der Waals surface area contributed by atoms with Crippen molar-refractivity contribution in [1.29, 1.82) is 0 Å². The first-order chi connectivity index (χ1) is 5.13. The van der Waals surface area contributed by atoms with Crippen molar-refractivity contribution in [3.63, 3.8) is 0 Å². The number of carbonyl (C=O) groups excluding carboxylic acids is 1. The van der Waals surface area contributed by atoms with Crippen LogP contribution in [0.25, 0.3) is 0 Å². The first kappa shape index (κ1) is 7.17. The van der Waals surface area contributed by atoms with Crippen LogP contribution in [0.1, 0.15) is 12.8 Å². The number of hydrogen-bond acceptors (Lipinski definition) is 1. The Kier molecular flexibility index (Phi) is 1.31. The maximum absolute atomic E-state index is 11.0. The molecule has 1 amide bonds. The third-order valence-corrected chi connectivity index (χ3v) is 3.35. The fourth-order valence-electron chi connectivity index (χ4n) is 2.08. The number of primary amides is 1. The second kappa shape index (κ2) is 2.01. The van der Waals surface area contributed by atoms with E-state index in [1.165, 1.54) is 0 Å². The normalized spacial score (nSPS) is 46.6. The van der Waals surface area contributed by atoms with E-state index in [0.717, 1.165) is 12.8 Å². The van der Waals surface area contributed by atoms with Crippen LogP contribution in [0.15, 0.2) is 12.2 Å². The Hall–Kier alpha value is -0.500. The summed E-state index contributed by atoms with van der Waals surface area (Å²) in [5.41, 5.74) is 5.21. The molecule has 2 bridgehead atoms. The van der Waals surface area contributed by atoms with Crippen molar-refractivity contribution in [3.8, 4) is 0 Å². The molecule has 0 radical (unpaired) electrons. The van der Waals surface area contributed by atoms with E-state index >= 15 is 0 Å². The molecule has 0 spiro atoms. The van der Waals surface area contributed by atoms with Crippen LogP contribution >= 0.6 is 11.6 Å². The van der Waals surface area contributed by atoms with Crippen molar-refractivity contribution in [3.05, 3.63) is 12.2 Å². The van der Waals surface area contributed by atoms with E-state index in [4.69, 9.17) is 17.3 Å². The molecule has 0 unspecified atom stereocenters. The zero-order chi connectivity index (χ0) is 8.06. The SMILES string of the molecule is NC(=O)[C@@]1(Cl)C[C@H]2C=C[C@@H]1C2. The lowest BCUT2D eigenvalue weighted by atomic mass is 9.92. The molecule has 0 aromatic heterocycles. The lowest BCUT2D eigenvalue weighted by Gasteiger charge is -2.24. The van der Waals surface area contributed by atoms with E-state index < -0.39 is 4.87 Å². The Balaban J connectivity index is 2.30. The zero-order valence-corrected chi connectivity index (χ0v) is 6.84. The van der Waals surface area contributed by atoms with Gasteiger partial charge in [0, 0.05) is 5.92 Å². The molecule has 2 aliphatic carbocycles. The van der Waals surface area contributed by atoms with Gasteiger partial charge in [-0.05, 0) is 18.8 Å². The highest BCUT2D eigenvalue weighted by molar-refractivity contribution is 6.35. The highest BCUT2D eigenvalue weighted by atomic mass is 35.5. The standard InChI is InChI=1S/C8H10ClNO/c9-8(7(10)11)4-5-1-2-6(8)3-5/h1-2,5-6H,3-4H2,(H2,10,11)/t5-,6+,8+/m0/s1. The number of fused-ring (bicyclic) bond motifs is 2. The molecule has 3 atom stereocenters. The number of hydrogen-bond donors (Lipinski definition) is 1. The Bertz CT molecular complexity index is 238. The molecule has 2 nitrogen and oxygen atoms in total. The smallest absolute Gasteiger partial charge is 0.239 e.